The van der Waals surface area contributed by atoms with Crippen molar-refractivity contribution in [1.82, 2.24) is 0 Å². The van der Waals surface area contributed by atoms with E-state index in [4.69, 9.17) is 4.74 Å². The molecule has 116 valence electrons. The van der Waals surface area contributed by atoms with E-state index in [0.717, 1.165) is 34.5 Å². The van der Waals surface area contributed by atoms with Crippen LogP contribution >= 0.6 is 0 Å². The predicted molar refractivity (Wildman–Crippen MR) is 90.5 cm³/mol. The highest BCUT2D eigenvalue weighted by Gasteiger charge is 2.07. The quantitative estimate of drug-likeness (QED) is 0.864. The van der Waals surface area contributed by atoms with E-state index in [2.05, 4.69) is 5.32 Å². The lowest BCUT2D eigenvalue weighted by atomic mass is 10.1. The molecule has 0 aliphatic heterocycles. The van der Waals surface area contributed by atoms with Crippen molar-refractivity contribution in [2.75, 3.05) is 11.9 Å². The molecular formula is C19H23NO2. The van der Waals surface area contributed by atoms with Crippen LogP contribution in [-0.4, -0.2) is 12.5 Å². The van der Waals surface area contributed by atoms with E-state index in [0.29, 0.717) is 13.0 Å². The Morgan fingerprint density at radius 2 is 1.68 bits per heavy atom. The van der Waals surface area contributed by atoms with Crippen LogP contribution in [0.3, 0.4) is 0 Å². The molecule has 1 N–H and O–H groups in total. The van der Waals surface area contributed by atoms with Crippen LogP contribution in [0.4, 0.5) is 5.69 Å². The van der Waals surface area contributed by atoms with Crippen molar-refractivity contribution in [3.63, 3.8) is 0 Å². The lowest BCUT2D eigenvalue weighted by Gasteiger charge is -2.11. The van der Waals surface area contributed by atoms with Crippen LogP contribution in [0.1, 0.15) is 30.0 Å². The average molecular weight is 297 g/mol. The summed E-state index contributed by atoms with van der Waals surface area (Å²) in [5.41, 5.74) is 4.25. The van der Waals surface area contributed by atoms with Crippen LogP contribution in [0.2, 0.25) is 0 Å². The fourth-order valence-corrected chi connectivity index (χ4v) is 2.39. The third-order valence-electron chi connectivity index (χ3n) is 3.62. The highest BCUT2D eigenvalue weighted by atomic mass is 16.5. The van der Waals surface area contributed by atoms with Crippen molar-refractivity contribution >= 4 is 11.6 Å². The SMILES string of the molecule is CCOc1ccc(CCC(=O)Nc2c(C)cccc2C)cc1. The molecule has 0 saturated heterocycles. The van der Waals surface area contributed by atoms with Gasteiger partial charge in [-0.15, -0.1) is 0 Å². The second-order valence-corrected chi connectivity index (χ2v) is 5.39. The van der Waals surface area contributed by atoms with Gasteiger partial charge in [-0.3, -0.25) is 4.79 Å². The van der Waals surface area contributed by atoms with Crippen molar-refractivity contribution in [3.05, 3.63) is 59.2 Å². The van der Waals surface area contributed by atoms with Crippen molar-refractivity contribution in [2.24, 2.45) is 0 Å². The van der Waals surface area contributed by atoms with Gasteiger partial charge in [0.1, 0.15) is 5.75 Å². The first-order valence-electron chi connectivity index (χ1n) is 7.68. The van der Waals surface area contributed by atoms with Gasteiger partial charge in [0.05, 0.1) is 6.61 Å². The van der Waals surface area contributed by atoms with Gasteiger partial charge in [-0.2, -0.15) is 0 Å². The fraction of sp³-hybridized carbons (Fsp3) is 0.316. The van der Waals surface area contributed by atoms with Gasteiger partial charge in [0.25, 0.3) is 0 Å². The van der Waals surface area contributed by atoms with Gasteiger partial charge < -0.3 is 10.1 Å². The molecule has 0 spiro atoms. The lowest BCUT2D eigenvalue weighted by Crippen LogP contribution is -2.14. The van der Waals surface area contributed by atoms with Crippen molar-refractivity contribution in [2.45, 2.75) is 33.6 Å². The molecule has 3 heteroatoms. The van der Waals surface area contributed by atoms with Crippen LogP contribution < -0.4 is 10.1 Å². The maximum absolute atomic E-state index is 12.1. The molecule has 0 fully saturated rings. The predicted octanol–water partition coefficient (Wildman–Crippen LogP) is 4.27. The maximum atomic E-state index is 12.1. The molecule has 0 bridgehead atoms. The summed E-state index contributed by atoms with van der Waals surface area (Å²) in [7, 11) is 0. The number of benzene rings is 2. The summed E-state index contributed by atoms with van der Waals surface area (Å²) in [6.45, 7) is 6.65. The third-order valence-corrected chi connectivity index (χ3v) is 3.62. The summed E-state index contributed by atoms with van der Waals surface area (Å²) in [5, 5.41) is 3.02. The number of carbonyl (C=O) groups is 1. The second-order valence-electron chi connectivity index (χ2n) is 5.39. The number of ether oxygens (including phenoxy) is 1. The van der Waals surface area contributed by atoms with E-state index < -0.39 is 0 Å². The van der Waals surface area contributed by atoms with Crippen LogP contribution in [0.25, 0.3) is 0 Å². The normalized spacial score (nSPS) is 10.3. The Balaban J connectivity index is 1.90. The van der Waals surface area contributed by atoms with E-state index in [1.54, 1.807) is 0 Å². The Kier molecular flexibility index (Phi) is 5.59. The Morgan fingerprint density at radius 3 is 2.27 bits per heavy atom. The topological polar surface area (TPSA) is 38.3 Å². The van der Waals surface area contributed by atoms with Crippen LogP contribution in [0.5, 0.6) is 5.75 Å². The van der Waals surface area contributed by atoms with E-state index in [9.17, 15) is 4.79 Å². The average Bonchev–Trinajstić information content (AvgIpc) is 2.51. The number of hydrogen-bond donors (Lipinski definition) is 1. The summed E-state index contributed by atoms with van der Waals surface area (Å²) in [4.78, 5) is 12.1. The minimum Gasteiger partial charge on any atom is -0.494 e. The molecular weight excluding hydrogens is 274 g/mol. The molecule has 2 rings (SSSR count). The zero-order valence-corrected chi connectivity index (χ0v) is 13.5. The van der Waals surface area contributed by atoms with E-state index >= 15 is 0 Å². The Bertz CT molecular complexity index is 612. The standard InChI is InChI=1S/C19H23NO2/c1-4-22-17-11-8-16(9-12-17)10-13-18(21)20-19-14(2)6-5-7-15(19)3/h5-9,11-12H,4,10,13H2,1-3H3,(H,20,21). The van der Waals surface area contributed by atoms with Crippen LogP contribution in [0.15, 0.2) is 42.5 Å². The van der Waals surface area contributed by atoms with Crippen molar-refractivity contribution in [1.29, 1.82) is 0 Å². The first kappa shape index (κ1) is 16.1. The van der Waals surface area contributed by atoms with E-state index in [1.165, 1.54) is 0 Å². The summed E-state index contributed by atoms with van der Waals surface area (Å²) >= 11 is 0. The minimum absolute atomic E-state index is 0.0475. The molecule has 1 amide bonds. The molecule has 2 aromatic carbocycles. The van der Waals surface area contributed by atoms with Gasteiger partial charge in [0, 0.05) is 12.1 Å². The smallest absolute Gasteiger partial charge is 0.224 e. The Hall–Kier alpha value is -2.29. The van der Waals surface area contributed by atoms with Crippen molar-refractivity contribution < 1.29 is 9.53 Å². The van der Waals surface area contributed by atoms with Gasteiger partial charge in [0.2, 0.25) is 5.91 Å². The first-order chi connectivity index (χ1) is 10.6. The summed E-state index contributed by atoms with van der Waals surface area (Å²) in [6, 6.07) is 13.9. The molecule has 0 saturated carbocycles. The largest absolute Gasteiger partial charge is 0.494 e. The summed E-state index contributed by atoms with van der Waals surface area (Å²) in [5.74, 6) is 0.914. The Labute approximate surface area is 132 Å². The first-order valence-corrected chi connectivity index (χ1v) is 7.68. The molecule has 0 aliphatic carbocycles. The van der Waals surface area contributed by atoms with E-state index in [1.807, 2.05) is 63.2 Å². The highest BCUT2D eigenvalue weighted by Crippen LogP contribution is 2.20. The highest BCUT2D eigenvalue weighted by molar-refractivity contribution is 5.92. The van der Waals surface area contributed by atoms with Gasteiger partial charge >= 0.3 is 0 Å². The number of carbonyl (C=O) groups excluding carboxylic acids is 1. The zero-order valence-electron chi connectivity index (χ0n) is 13.5. The van der Waals surface area contributed by atoms with Crippen LogP contribution in [-0.2, 0) is 11.2 Å². The molecule has 0 atom stereocenters. The maximum Gasteiger partial charge on any atom is 0.224 e. The lowest BCUT2D eigenvalue weighted by molar-refractivity contribution is -0.116. The number of hydrogen-bond acceptors (Lipinski definition) is 2. The van der Waals surface area contributed by atoms with Gasteiger partial charge in [0.15, 0.2) is 0 Å². The zero-order chi connectivity index (χ0) is 15.9. The van der Waals surface area contributed by atoms with Gasteiger partial charge in [-0.05, 0) is 56.0 Å². The number of para-hydroxylation sites is 1. The number of aryl methyl sites for hydroxylation is 3. The molecule has 0 unspecified atom stereocenters. The third kappa shape index (κ3) is 4.35. The number of anilines is 1. The summed E-state index contributed by atoms with van der Waals surface area (Å²) < 4.78 is 5.41. The number of amides is 1. The number of nitrogens with one attached hydrogen (secondary N) is 1. The molecule has 0 radical (unpaired) electrons. The molecule has 22 heavy (non-hydrogen) atoms. The second kappa shape index (κ2) is 7.64. The van der Waals surface area contributed by atoms with Crippen LogP contribution in [0, 0.1) is 13.8 Å². The molecule has 0 aromatic heterocycles. The monoisotopic (exact) mass is 297 g/mol. The molecule has 2 aromatic rings. The molecule has 0 heterocycles. The Morgan fingerprint density at radius 1 is 1.05 bits per heavy atom. The fourth-order valence-electron chi connectivity index (χ4n) is 2.39. The van der Waals surface area contributed by atoms with Crippen molar-refractivity contribution in [3.8, 4) is 5.75 Å². The molecule has 0 aliphatic rings. The summed E-state index contributed by atoms with van der Waals surface area (Å²) in [6.07, 6.45) is 1.20. The van der Waals surface area contributed by atoms with E-state index in [-0.39, 0.29) is 5.91 Å². The molecule has 3 nitrogen and oxygen atoms in total. The minimum atomic E-state index is 0.0475. The van der Waals surface area contributed by atoms with Gasteiger partial charge in [-0.25, -0.2) is 0 Å². The van der Waals surface area contributed by atoms with Gasteiger partial charge in [-0.1, -0.05) is 30.3 Å². The number of rotatable bonds is 6.